The number of alkyl halides is 2. The Labute approximate surface area is 189 Å². The standard InChI is InChI=1S/C23H23F3N2O4S/c1-4-23(25,26)22-20(15-6-10-17(24)11-7-15)21(27-28(22)14-19(29)32-5-2)16-8-12-18(13-9-16)33(3,30)31/h6-13H,4-5,14H2,1-3H3. The molecule has 1 heterocycles. The van der Waals surface area contributed by atoms with Crippen LogP contribution in [-0.4, -0.2) is 37.0 Å². The largest absolute Gasteiger partial charge is 0.465 e. The van der Waals surface area contributed by atoms with Gasteiger partial charge in [-0.05, 0) is 36.8 Å². The maximum Gasteiger partial charge on any atom is 0.327 e. The minimum Gasteiger partial charge on any atom is -0.465 e. The molecule has 0 bridgehead atoms. The monoisotopic (exact) mass is 480 g/mol. The summed E-state index contributed by atoms with van der Waals surface area (Å²) in [5, 5.41) is 4.30. The summed E-state index contributed by atoms with van der Waals surface area (Å²) in [4.78, 5) is 12.2. The van der Waals surface area contributed by atoms with Gasteiger partial charge in [0, 0.05) is 23.8 Å². The Bertz CT molecular complexity index is 1250. The van der Waals surface area contributed by atoms with E-state index in [4.69, 9.17) is 4.74 Å². The fourth-order valence-corrected chi connectivity index (χ4v) is 4.03. The highest BCUT2D eigenvalue weighted by Gasteiger charge is 2.39. The van der Waals surface area contributed by atoms with Crippen LogP contribution in [0.3, 0.4) is 0 Å². The van der Waals surface area contributed by atoms with E-state index in [2.05, 4.69) is 5.10 Å². The molecule has 0 atom stereocenters. The van der Waals surface area contributed by atoms with Gasteiger partial charge in [0.05, 0.1) is 11.5 Å². The van der Waals surface area contributed by atoms with Gasteiger partial charge in [-0.25, -0.2) is 12.8 Å². The molecule has 0 aliphatic carbocycles. The third-order valence-electron chi connectivity index (χ3n) is 5.02. The predicted octanol–water partition coefficient (Wildman–Crippen LogP) is 4.82. The van der Waals surface area contributed by atoms with E-state index in [1.54, 1.807) is 6.92 Å². The number of benzene rings is 2. The van der Waals surface area contributed by atoms with Gasteiger partial charge in [-0.15, -0.1) is 0 Å². The van der Waals surface area contributed by atoms with Gasteiger partial charge in [0.25, 0.3) is 5.92 Å². The number of esters is 1. The summed E-state index contributed by atoms with van der Waals surface area (Å²) in [5.74, 6) is -4.65. The lowest BCUT2D eigenvalue weighted by atomic mass is 9.95. The van der Waals surface area contributed by atoms with Crippen molar-refractivity contribution in [3.05, 3.63) is 60.0 Å². The summed E-state index contributed by atoms with van der Waals surface area (Å²) in [5.41, 5.74) is 0.258. The van der Waals surface area contributed by atoms with E-state index in [0.29, 0.717) is 5.56 Å². The molecule has 1 aromatic heterocycles. The number of hydrogen-bond donors (Lipinski definition) is 0. The van der Waals surface area contributed by atoms with E-state index in [1.807, 2.05) is 0 Å². The minimum absolute atomic E-state index is 0.0262. The SMILES string of the molecule is CCOC(=O)Cn1nc(-c2ccc(S(C)(=O)=O)cc2)c(-c2ccc(F)cc2)c1C(F)(F)CC. The lowest BCUT2D eigenvalue weighted by Gasteiger charge is -2.18. The van der Waals surface area contributed by atoms with Crippen molar-refractivity contribution in [1.29, 1.82) is 0 Å². The minimum atomic E-state index is -3.47. The summed E-state index contributed by atoms with van der Waals surface area (Å²) in [6.07, 6.45) is 0.488. The first-order valence-corrected chi connectivity index (χ1v) is 12.1. The number of sulfone groups is 1. The average Bonchev–Trinajstić information content (AvgIpc) is 3.13. The molecule has 0 spiro atoms. The van der Waals surface area contributed by atoms with Crippen LogP contribution in [0.5, 0.6) is 0 Å². The summed E-state index contributed by atoms with van der Waals surface area (Å²) in [6.45, 7) is 2.43. The van der Waals surface area contributed by atoms with Crippen LogP contribution in [0.2, 0.25) is 0 Å². The number of rotatable bonds is 8. The normalized spacial score (nSPS) is 12.1. The second-order valence-electron chi connectivity index (χ2n) is 7.40. The maximum atomic E-state index is 15.2. The van der Waals surface area contributed by atoms with Crippen LogP contribution in [-0.2, 0) is 31.8 Å². The van der Waals surface area contributed by atoms with Crippen LogP contribution in [0.15, 0.2) is 53.4 Å². The van der Waals surface area contributed by atoms with Gasteiger partial charge in [-0.2, -0.15) is 13.9 Å². The average molecular weight is 481 g/mol. The second kappa shape index (κ2) is 9.38. The van der Waals surface area contributed by atoms with Crippen LogP contribution in [0.1, 0.15) is 26.0 Å². The molecule has 0 saturated carbocycles. The van der Waals surface area contributed by atoms with Crippen molar-refractivity contribution in [3.63, 3.8) is 0 Å². The molecule has 0 aliphatic heterocycles. The van der Waals surface area contributed by atoms with Crippen LogP contribution in [0.25, 0.3) is 22.4 Å². The topological polar surface area (TPSA) is 78.3 Å². The predicted molar refractivity (Wildman–Crippen MR) is 117 cm³/mol. The number of halogens is 3. The number of carbonyl (C=O) groups excluding carboxylic acids is 1. The van der Waals surface area contributed by atoms with Gasteiger partial charge in [-0.1, -0.05) is 31.2 Å². The number of ether oxygens (including phenoxy) is 1. The molecule has 0 amide bonds. The molecule has 0 unspecified atom stereocenters. The van der Waals surface area contributed by atoms with Crippen molar-refractivity contribution in [2.45, 2.75) is 37.6 Å². The Morgan fingerprint density at radius 2 is 1.61 bits per heavy atom. The molecular weight excluding hydrogens is 457 g/mol. The molecule has 3 rings (SSSR count). The zero-order chi connectivity index (χ0) is 24.4. The van der Waals surface area contributed by atoms with Crippen molar-refractivity contribution in [3.8, 4) is 22.4 Å². The van der Waals surface area contributed by atoms with Crippen LogP contribution in [0.4, 0.5) is 13.2 Å². The van der Waals surface area contributed by atoms with Crippen LogP contribution < -0.4 is 0 Å². The van der Waals surface area contributed by atoms with Gasteiger partial charge in [0.15, 0.2) is 9.84 Å². The summed E-state index contributed by atoms with van der Waals surface area (Å²) in [6, 6.07) is 10.6. The van der Waals surface area contributed by atoms with Crippen molar-refractivity contribution >= 4 is 15.8 Å². The second-order valence-corrected chi connectivity index (χ2v) is 9.41. The number of nitrogens with zero attached hydrogens (tertiary/aromatic N) is 2. The Hall–Kier alpha value is -3.14. The van der Waals surface area contributed by atoms with E-state index in [-0.39, 0.29) is 28.3 Å². The van der Waals surface area contributed by atoms with Gasteiger partial charge in [-0.3, -0.25) is 9.48 Å². The van der Waals surface area contributed by atoms with E-state index < -0.39 is 46.2 Å². The van der Waals surface area contributed by atoms with Crippen molar-refractivity contribution in [2.75, 3.05) is 12.9 Å². The highest BCUT2D eigenvalue weighted by atomic mass is 32.2. The third kappa shape index (κ3) is 5.27. The van der Waals surface area contributed by atoms with Gasteiger partial charge in [0.2, 0.25) is 0 Å². The van der Waals surface area contributed by atoms with Crippen LogP contribution >= 0.6 is 0 Å². The van der Waals surface area contributed by atoms with E-state index in [1.165, 1.54) is 43.3 Å². The Balaban J connectivity index is 2.31. The highest BCUT2D eigenvalue weighted by molar-refractivity contribution is 7.90. The van der Waals surface area contributed by atoms with Crippen molar-refractivity contribution in [1.82, 2.24) is 9.78 Å². The van der Waals surface area contributed by atoms with Gasteiger partial charge < -0.3 is 4.74 Å². The molecule has 0 fully saturated rings. The summed E-state index contributed by atoms with van der Waals surface area (Å²) < 4.78 is 73.4. The van der Waals surface area contributed by atoms with Gasteiger partial charge in [0.1, 0.15) is 23.7 Å². The molecule has 3 aromatic rings. The van der Waals surface area contributed by atoms with Crippen molar-refractivity contribution in [2.24, 2.45) is 0 Å². The fraction of sp³-hybridized carbons (Fsp3) is 0.304. The van der Waals surface area contributed by atoms with E-state index in [9.17, 15) is 17.6 Å². The number of hydrogen-bond acceptors (Lipinski definition) is 5. The first-order valence-electron chi connectivity index (χ1n) is 10.2. The zero-order valence-electron chi connectivity index (χ0n) is 18.3. The molecule has 0 N–H and O–H groups in total. The summed E-state index contributed by atoms with van der Waals surface area (Å²) in [7, 11) is -3.47. The molecule has 6 nitrogen and oxygen atoms in total. The summed E-state index contributed by atoms with van der Waals surface area (Å²) >= 11 is 0. The fourth-order valence-electron chi connectivity index (χ4n) is 3.40. The number of carbonyl (C=O) groups is 1. The molecule has 10 heteroatoms. The zero-order valence-corrected chi connectivity index (χ0v) is 19.1. The van der Waals surface area contributed by atoms with E-state index in [0.717, 1.165) is 23.1 Å². The Morgan fingerprint density at radius 3 is 2.12 bits per heavy atom. The lowest BCUT2D eigenvalue weighted by Crippen LogP contribution is -2.23. The van der Waals surface area contributed by atoms with Crippen LogP contribution in [0, 0.1) is 5.82 Å². The third-order valence-corrected chi connectivity index (χ3v) is 6.14. The van der Waals surface area contributed by atoms with Gasteiger partial charge >= 0.3 is 5.97 Å². The molecular formula is C23H23F3N2O4S. The highest BCUT2D eigenvalue weighted by Crippen LogP contribution is 2.43. The molecule has 0 radical (unpaired) electrons. The Morgan fingerprint density at radius 1 is 1.03 bits per heavy atom. The van der Waals surface area contributed by atoms with Crippen molar-refractivity contribution < 1.29 is 31.1 Å². The smallest absolute Gasteiger partial charge is 0.327 e. The first kappa shape index (κ1) is 24.5. The number of aromatic nitrogens is 2. The lowest BCUT2D eigenvalue weighted by molar-refractivity contribution is -0.144. The molecule has 176 valence electrons. The first-order chi connectivity index (χ1) is 15.5. The Kier molecular flexibility index (Phi) is 6.97. The molecule has 0 aliphatic rings. The molecule has 0 saturated heterocycles. The molecule has 2 aromatic carbocycles. The van der Waals surface area contributed by atoms with E-state index >= 15 is 8.78 Å². The quantitative estimate of drug-likeness (QED) is 0.432. The molecule has 33 heavy (non-hydrogen) atoms. The maximum absolute atomic E-state index is 15.2.